The van der Waals surface area contributed by atoms with Crippen LogP contribution in [0.3, 0.4) is 0 Å². The Hall–Kier alpha value is -1.11. The second-order valence-corrected chi connectivity index (χ2v) is 5.92. The molecule has 17 heavy (non-hydrogen) atoms. The fourth-order valence-electron chi connectivity index (χ4n) is 1.84. The Balaban J connectivity index is 2.31. The summed E-state index contributed by atoms with van der Waals surface area (Å²) in [5.41, 5.74) is 0. The first-order chi connectivity index (χ1) is 8.04. The molecule has 0 aliphatic carbocycles. The molecule has 1 heterocycles. The molecule has 1 atom stereocenters. The normalized spacial score (nSPS) is 21.6. The molecule has 1 aromatic carbocycles. The van der Waals surface area contributed by atoms with Gasteiger partial charge in [0.1, 0.15) is 5.75 Å². The van der Waals surface area contributed by atoms with Crippen molar-refractivity contribution in [1.29, 1.82) is 0 Å². The lowest BCUT2D eigenvalue weighted by molar-refractivity contribution is 0.189. The van der Waals surface area contributed by atoms with Gasteiger partial charge in [-0.25, -0.2) is 8.42 Å². The van der Waals surface area contributed by atoms with Crippen molar-refractivity contribution < 1.29 is 18.3 Å². The Labute approximate surface area is 101 Å². The monoisotopic (exact) mass is 257 g/mol. The van der Waals surface area contributed by atoms with E-state index in [1.165, 1.54) is 23.5 Å². The average molecular weight is 257 g/mol. The summed E-state index contributed by atoms with van der Waals surface area (Å²) in [7, 11) is -2.02. The highest BCUT2D eigenvalue weighted by Crippen LogP contribution is 2.23. The zero-order valence-corrected chi connectivity index (χ0v) is 10.4. The fraction of sp³-hybridized carbons (Fsp3) is 0.455. The minimum absolute atomic E-state index is 0.166. The third-order valence-electron chi connectivity index (χ3n) is 2.81. The van der Waals surface area contributed by atoms with Crippen LogP contribution in [0.25, 0.3) is 0 Å². The molecule has 0 bridgehead atoms. The molecule has 6 heteroatoms. The van der Waals surface area contributed by atoms with Crippen LogP contribution >= 0.6 is 0 Å². The highest BCUT2D eigenvalue weighted by Gasteiger charge is 2.31. The molecule has 0 unspecified atom stereocenters. The van der Waals surface area contributed by atoms with Crippen molar-refractivity contribution in [2.45, 2.75) is 17.4 Å². The molecule has 1 N–H and O–H groups in total. The van der Waals surface area contributed by atoms with Crippen LogP contribution in [0, 0.1) is 0 Å². The molecule has 0 radical (unpaired) electrons. The quantitative estimate of drug-likeness (QED) is 0.853. The summed E-state index contributed by atoms with van der Waals surface area (Å²) in [6, 6.07) is 6.35. The second kappa shape index (κ2) is 4.64. The number of aliphatic hydroxyl groups excluding tert-OH is 1. The number of β-amino-alcohol motifs (C(OH)–C–C–N with tert-alkyl or cyclic N) is 1. The molecular formula is C11H15NO4S. The number of methoxy groups -OCH3 is 1. The highest BCUT2D eigenvalue weighted by molar-refractivity contribution is 7.89. The first-order valence-electron chi connectivity index (χ1n) is 5.36. The first kappa shape index (κ1) is 12.3. The van der Waals surface area contributed by atoms with E-state index in [-0.39, 0.29) is 11.4 Å². The summed E-state index contributed by atoms with van der Waals surface area (Å²) in [4.78, 5) is 0.200. The molecule has 0 amide bonds. The van der Waals surface area contributed by atoms with Crippen molar-refractivity contribution in [3.8, 4) is 5.75 Å². The van der Waals surface area contributed by atoms with E-state index in [4.69, 9.17) is 4.74 Å². The molecule has 1 saturated heterocycles. The van der Waals surface area contributed by atoms with E-state index in [1.54, 1.807) is 12.1 Å². The number of hydrogen-bond acceptors (Lipinski definition) is 4. The number of ether oxygens (including phenoxy) is 1. The van der Waals surface area contributed by atoms with Crippen LogP contribution in [0.15, 0.2) is 29.2 Å². The van der Waals surface area contributed by atoms with Gasteiger partial charge in [0.2, 0.25) is 10.0 Å². The van der Waals surface area contributed by atoms with Crippen molar-refractivity contribution >= 4 is 10.0 Å². The molecular weight excluding hydrogens is 242 g/mol. The second-order valence-electron chi connectivity index (χ2n) is 3.98. The summed E-state index contributed by atoms with van der Waals surface area (Å²) in [6.45, 7) is 0.528. The van der Waals surface area contributed by atoms with Crippen LogP contribution in [0.4, 0.5) is 0 Å². The third kappa shape index (κ3) is 2.43. The Morgan fingerprint density at radius 1 is 1.47 bits per heavy atom. The molecule has 1 aliphatic heterocycles. The number of nitrogens with zero attached hydrogens (tertiary/aromatic N) is 1. The number of hydrogen-bond donors (Lipinski definition) is 1. The van der Waals surface area contributed by atoms with Crippen molar-refractivity contribution in [1.82, 2.24) is 4.31 Å². The first-order valence-corrected chi connectivity index (χ1v) is 6.80. The smallest absolute Gasteiger partial charge is 0.243 e. The van der Waals surface area contributed by atoms with Crippen LogP contribution in [0.5, 0.6) is 5.75 Å². The largest absolute Gasteiger partial charge is 0.497 e. The number of benzene rings is 1. The van der Waals surface area contributed by atoms with E-state index >= 15 is 0 Å². The maximum absolute atomic E-state index is 12.2. The van der Waals surface area contributed by atoms with E-state index in [1.807, 2.05) is 0 Å². The van der Waals surface area contributed by atoms with Gasteiger partial charge in [-0.2, -0.15) is 4.31 Å². The van der Waals surface area contributed by atoms with Crippen molar-refractivity contribution in [2.24, 2.45) is 0 Å². The Bertz CT molecular complexity index is 500. The lowest BCUT2D eigenvalue weighted by Gasteiger charge is -2.16. The topological polar surface area (TPSA) is 66.8 Å². The summed E-state index contributed by atoms with van der Waals surface area (Å²) in [5.74, 6) is 0.505. The van der Waals surface area contributed by atoms with Gasteiger partial charge in [-0.1, -0.05) is 6.07 Å². The molecule has 1 fully saturated rings. The van der Waals surface area contributed by atoms with Crippen LogP contribution in [0.2, 0.25) is 0 Å². The van der Waals surface area contributed by atoms with Gasteiger partial charge in [-0.05, 0) is 18.6 Å². The van der Waals surface area contributed by atoms with Gasteiger partial charge in [-0.3, -0.25) is 0 Å². The van der Waals surface area contributed by atoms with Gasteiger partial charge in [0.25, 0.3) is 0 Å². The lowest BCUT2D eigenvalue weighted by Crippen LogP contribution is -2.29. The lowest BCUT2D eigenvalue weighted by atomic mass is 10.3. The van der Waals surface area contributed by atoms with Gasteiger partial charge in [0.15, 0.2) is 0 Å². The van der Waals surface area contributed by atoms with E-state index in [0.29, 0.717) is 18.7 Å². The summed E-state index contributed by atoms with van der Waals surface area (Å²) in [5, 5.41) is 9.38. The molecule has 5 nitrogen and oxygen atoms in total. The Morgan fingerprint density at radius 2 is 2.24 bits per heavy atom. The van der Waals surface area contributed by atoms with E-state index < -0.39 is 16.1 Å². The number of aliphatic hydroxyl groups is 1. The molecule has 0 saturated carbocycles. The third-order valence-corrected chi connectivity index (χ3v) is 4.67. The van der Waals surface area contributed by atoms with Gasteiger partial charge in [0.05, 0.1) is 18.1 Å². The zero-order valence-electron chi connectivity index (χ0n) is 9.54. The molecule has 0 aromatic heterocycles. The predicted octanol–water partition coefficient (Wildman–Crippen LogP) is 0.450. The van der Waals surface area contributed by atoms with Crippen LogP contribution in [-0.2, 0) is 10.0 Å². The maximum Gasteiger partial charge on any atom is 0.243 e. The zero-order chi connectivity index (χ0) is 12.5. The molecule has 1 aliphatic rings. The standard InChI is InChI=1S/C11H15NO4S/c1-16-10-3-2-4-11(7-10)17(14,15)12-6-5-9(13)8-12/h2-4,7,9,13H,5-6,8H2,1H3/t9-/m1/s1. The van der Waals surface area contributed by atoms with Crippen LogP contribution in [-0.4, -0.2) is 44.1 Å². The van der Waals surface area contributed by atoms with E-state index in [0.717, 1.165) is 0 Å². The van der Waals surface area contributed by atoms with Gasteiger partial charge in [-0.15, -0.1) is 0 Å². The van der Waals surface area contributed by atoms with E-state index in [2.05, 4.69) is 0 Å². The maximum atomic E-state index is 12.2. The van der Waals surface area contributed by atoms with E-state index in [9.17, 15) is 13.5 Å². The highest BCUT2D eigenvalue weighted by atomic mass is 32.2. The SMILES string of the molecule is COc1cccc(S(=O)(=O)N2CC[C@@H](O)C2)c1. The molecule has 94 valence electrons. The predicted molar refractivity (Wildman–Crippen MR) is 62.4 cm³/mol. The van der Waals surface area contributed by atoms with Gasteiger partial charge in [0, 0.05) is 19.2 Å². The summed E-state index contributed by atoms with van der Waals surface area (Å²) in [6.07, 6.45) is -0.0705. The number of sulfonamides is 1. The Morgan fingerprint density at radius 3 is 2.82 bits per heavy atom. The fourth-order valence-corrected chi connectivity index (χ4v) is 3.37. The molecule has 2 rings (SSSR count). The average Bonchev–Trinajstić information content (AvgIpc) is 2.76. The summed E-state index contributed by atoms with van der Waals surface area (Å²) < 4.78 is 30.7. The minimum Gasteiger partial charge on any atom is -0.497 e. The van der Waals surface area contributed by atoms with Crippen molar-refractivity contribution in [3.05, 3.63) is 24.3 Å². The molecule has 0 spiro atoms. The van der Waals surface area contributed by atoms with Crippen molar-refractivity contribution in [3.63, 3.8) is 0 Å². The van der Waals surface area contributed by atoms with Crippen LogP contribution in [0.1, 0.15) is 6.42 Å². The van der Waals surface area contributed by atoms with Gasteiger partial charge < -0.3 is 9.84 Å². The van der Waals surface area contributed by atoms with Crippen LogP contribution < -0.4 is 4.74 Å². The number of rotatable bonds is 3. The van der Waals surface area contributed by atoms with Gasteiger partial charge >= 0.3 is 0 Å². The molecule has 1 aromatic rings. The van der Waals surface area contributed by atoms with Crippen molar-refractivity contribution in [2.75, 3.05) is 20.2 Å². The summed E-state index contributed by atoms with van der Waals surface area (Å²) >= 11 is 0. The minimum atomic E-state index is -3.51. The Kier molecular flexibility index (Phi) is 3.37.